The molecule has 0 amide bonds. The lowest BCUT2D eigenvalue weighted by molar-refractivity contribution is 0.628. The number of halogens is 1. The van der Waals surface area contributed by atoms with Gasteiger partial charge in [0.1, 0.15) is 5.82 Å². The molecule has 3 rings (SSSR count). The van der Waals surface area contributed by atoms with Crippen LogP contribution in [0.3, 0.4) is 0 Å². The maximum Gasteiger partial charge on any atom is 0.123 e. The van der Waals surface area contributed by atoms with Gasteiger partial charge in [0, 0.05) is 0 Å². The highest BCUT2D eigenvalue weighted by Crippen LogP contribution is 2.36. The van der Waals surface area contributed by atoms with E-state index in [0.29, 0.717) is 0 Å². The Hall–Kier alpha value is -2.15. The van der Waals surface area contributed by atoms with Gasteiger partial charge in [-0.15, -0.1) is 0 Å². The average Bonchev–Trinajstić information content (AvgIpc) is 2.65. The molecule has 0 aromatic heterocycles. The fourth-order valence-corrected chi connectivity index (χ4v) is 3.64. The van der Waals surface area contributed by atoms with Crippen LogP contribution >= 0.6 is 0 Å². The van der Waals surface area contributed by atoms with Gasteiger partial charge >= 0.3 is 0 Å². The molecule has 0 N–H and O–H groups in total. The lowest BCUT2D eigenvalue weighted by Crippen LogP contribution is -1.99. The van der Waals surface area contributed by atoms with E-state index >= 15 is 0 Å². The largest absolute Gasteiger partial charge is 0.207 e. The van der Waals surface area contributed by atoms with Gasteiger partial charge in [-0.05, 0) is 70.8 Å². The summed E-state index contributed by atoms with van der Waals surface area (Å²) in [5.41, 5.74) is 5.31. The predicted molar refractivity (Wildman–Crippen MR) is 107 cm³/mol. The summed E-state index contributed by atoms with van der Waals surface area (Å²) in [5, 5.41) is 2.67. The van der Waals surface area contributed by atoms with E-state index in [1.54, 1.807) is 12.1 Å². The maximum atomic E-state index is 13.5. The van der Waals surface area contributed by atoms with Crippen molar-refractivity contribution in [1.82, 2.24) is 0 Å². The van der Waals surface area contributed by atoms with Crippen LogP contribution in [-0.4, -0.2) is 0 Å². The van der Waals surface area contributed by atoms with Crippen LogP contribution < -0.4 is 0 Å². The number of hydrogen-bond acceptors (Lipinski definition) is 0. The molecule has 0 bridgehead atoms. The second kappa shape index (κ2) is 8.29. The smallest absolute Gasteiger partial charge is 0.123 e. The van der Waals surface area contributed by atoms with Crippen molar-refractivity contribution >= 4 is 10.8 Å². The molecular weight excluding hydrogens is 307 g/mol. The second-order valence-corrected chi connectivity index (χ2v) is 6.82. The fourth-order valence-electron chi connectivity index (χ4n) is 3.64. The van der Waals surface area contributed by atoms with Gasteiger partial charge < -0.3 is 0 Å². The first-order valence-electron chi connectivity index (χ1n) is 9.54. The Morgan fingerprint density at radius 2 is 1.48 bits per heavy atom. The molecule has 0 aliphatic carbocycles. The van der Waals surface area contributed by atoms with Crippen LogP contribution in [0, 0.1) is 5.82 Å². The highest BCUT2D eigenvalue weighted by atomic mass is 19.1. The molecule has 0 fully saturated rings. The summed E-state index contributed by atoms with van der Waals surface area (Å²) in [6.45, 7) is 4.47. The molecule has 0 unspecified atom stereocenters. The first-order chi connectivity index (χ1) is 12.2. The van der Waals surface area contributed by atoms with Crippen LogP contribution in [0.25, 0.3) is 21.9 Å². The Bertz CT molecular complexity index is 831. The minimum absolute atomic E-state index is 0.172. The molecule has 130 valence electrons. The van der Waals surface area contributed by atoms with E-state index in [1.165, 1.54) is 53.1 Å². The van der Waals surface area contributed by atoms with Crippen molar-refractivity contribution in [2.75, 3.05) is 0 Å². The lowest BCUT2D eigenvalue weighted by Gasteiger charge is -2.19. The standard InChI is InChI=1S/C24H27F/c1-3-5-9-20-17-19-10-7-8-12-22(19)23(11-6-4-2)24(20)18-13-15-21(25)16-14-18/h7-8,10,12-17H,3-6,9,11H2,1-2H3. The summed E-state index contributed by atoms with van der Waals surface area (Å²) in [5.74, 6) is -0.172. The van der Waals surface area contributed by atoms with E-state index in [4.69, 9.17) is 0 Å². The topological polar surface area (TPSA) is 0 Å². The van der Waals surface area contributed by atoms with Crippen LogP contribution in [0.2, 0.25) is 0 Å². The average molecular weight is 334 g/mol. The quantitative estimate of drug-likeness (QED) is 0.424. The van der Waals surface area contributed by atoms with Gasteiger partial charge in [-0.25, -0.2) is 4.39 Å². The van der Waals surface area contributed by atoms with Gasteiger partial charge in [-0.3, -0.25) is 0 Å². The van der Waals surface area contributed by atoms with Crippen molar-refractivity contribution in [3.63, 3.8) is 0 Å². The third-order valence-corrected chi connectivity index (χ3v) is 4.95. The summed E-state index contributed by atoms with van der Waals surface area (Å²) >= 11 is 0. The van der Waals surface area contributed by atoms with Crippen LogP contribution in [0.1, 0.15) is 50.7 Å². The van der Waals surface area contributed by atoms with Gasteiger partial charge in [0.25, 0.3) is 0 Å². The Balaban J connectivity index is 2.25. The maximum absolute atomic E-state index is 13.5. The Kier molecular flexibility index (Phi) is 5.86. The number of aryl methyl sites for hydroxylation is 2. The van der Waals surface area contributed by atoms with Crippen molar-refractivity contribution in [2.45, 2.75) is 52.4 Å². The minimum Gasteiger partial charge on any atom is -0.207 e. The summed E-state index contributed by atoms with van der Waals surface area (Å²) in [7, 11) is 0. The normalized spacial score (nSPS) is 11.2. The van der Waals surface area contributed by atoms with Crippen molar-refractivity contribution in [3.8, 4) is 11.1 Å². The molecule has 0 heterocycles. The molecule has 3 aromatic rings. The van der Waals surface area contributed by atoms with E-state index in [2.05, 4.69) is 44.2 Å². The molecule has 0 radical (unpaired) electrons. The van der Waals surface area contributed by atoms with E-state index in [-0.39, 0.29) is 5.82 Å². The number of hydrogen-bond donors (Lipinski definition) is 0. The Morgan fingerprint density at radius 1 is 0.800 bits per heavy atom. The van der Waals surface area contributed by atoms with E-state index in [9.17, 15) is 4.39 Å². The zero-order valence-electron chi connectivity index (χ0n) is 15.3. The minimum atomic E-state index is -0.172. The van der Waals surface area contributed by atoms with Crippen LogP contribution in [0.4, 0.5) is 4.39 Å². The number of benzene rings is 3. The molecule has 0 spiro atoms. The Morgan fingerprint density at radius 3 is 2.20 bits per heavy atom. The third kappa shape index (κ3) is 3.92. The summed E-state index contributed by atoms with van der Waals surface area (Å²) in [4.78, 5) is 0. The molecule has 0 saturated heterocycles. The van der Waals surface area contributed by atoms with Crippen molar-refractivity contribution in [3.05, 3.63) is 71.5 Å². The van der Waals surface area contributed by atoms with E-state index in [0.717, 1.165) is 18.4 Å². The molecule has 0 saturated carbocycles. The van der Waals surface area contributed by atoms with Gasteiger partial charge in [-0.2, -0.15) is 0 Å². The molecular formula is C24H27F. The summed E-state index contributed by atoms with van der Waals surface area (Å²) in [6, 6.07) is 18.1. The SMILES string of the molecule is CCCCc1cc2ccccc2c(CCCC)c1-c1ccc(F)cc1. The van der Waals surface area contributed by atoms with E-state index < -0.39 is 0 Å². The first kappa shape index (κ1) is 17.7. The predicted octanol–water partition coefficient (Wildman–Crippen LogP) is 7.33. The highest BCUT2D eigenvalue weighted by Gasteiger charge is 2.15. The second-order valence-electron chi connectivity index (χ2n) is 6.82. The highest BCUT2D eigenvalue weighted by molar-refractivity contribution is 5.93. The lowest BCUT2D eigenvalue weighted by atomic mass is 9.85. The van der Waals surface area contributed by atoms with Gasteiger partial charge in [0.15, 0.2) is 0 Å². The zero-order valence-corrected chi connectivity index (χ0v) is 15.3. The van der Waals surface area contributed by atoms with Gasteiger partial charge in [-0.1, -0.05) is 69.2 Å². The molecule has 0 aliphatic rings. The molecule has 0 atom stereocenters. The molecule has 3 aromatic carbocycles. The van der Waals surface area contributed by atoms with Crippen molar-refractivity contribution < 1.29 is 4.39 Å². The molecule has 25 heavy (non-hydrogen) atoms. The summed E-state index contributed by atoms with van der Waals surface area (Å²) in [6.07, 6.45) is 6.86. The third-order valence-electron chi connectivity index (χ3n) is 4.95. The van der Waals surface area contributed by atoms with Crippen LogP contribution in [0.15, 0.2) is 54.6 Å². The van der Waals surface area contributed by atoms with Gasteiger partial charge in [0.2, 0.25) is 0 Å². The number of unbranched alkanes of at least 4 members (excludes halogenated alkanes) is 2. The van der Waals surface area contributed by atoms with Crippen molar-refractivity contribution in [2.24, 2.45) is 0 Å². The number of fused-ring (bicyclic) bond motifs is 1. The fraction of sp³-hybridized carbons (Fsp3) is 0.333. The Labute approximate surface area is 150 Å². The number of rotatable bonds is 7. The summed E-state index contributed by atoms with van der Waals surface area (Å²) < 4.78 is 13.5. The van der Waals surface area contributed by atoms with Crippen LogP contribution in [-0.2, 0) is 12.8 Å². The molecule has 0 nitrogen and oxygen atoms in total. The first-order valence-corrected chi connectivity index (χ1v) is 9.54. The molecule has 1 heteroatoms. The zero-order chi connectivity index (χ0) is 17.6. The molecule has 0 aliphatic heterocycles. The van der Waals surface area contributed by atoms with E-state index in [1.807, 2.05) is 12.1 Å². The monoisotopic (exact) mass is 334 g/mol. The van der Waals surface area contributed by atoms with Gasteiger partial charge in [0.05, 0.1) is 0 Å². The van der Waals surface area contributed by atoms with Crippen LogP contribution in [0.5, 0.6) is 0 Å². The van der Waals surface area contributed by atoms with Crippen molar-refractivity contribution in [1.29, 1.82) is 0 Å².